The summed E-state index contributed by atoms with van der Waals surface area (Å²) in [7, 11) is 0. The van der Waals surface area contributed by atoms with E-state index in [1.165, 1.54) is 0 Å². The minimum absolute atomic E-state index is 0.0560. The molecule has 3 aromatic carbocycles. The SMILES string of the molecule is CCO[C](=[Cr])C1=C(c2ccccc2)N2C(=O)C[C@@H](c3ccccc3)N2[C@H]1c1ccccc1.[C-]#[O+].[C-]#[O+].[C-]#[O+].[C-]#[O+].[C-]#[O+]. The first kappa shape index (κ1) is 37.9. The zero-order valence-corrected chi connectivity index (χ0v) is 23.7. The summed E-state index contributed by atoms with van der Waals surface area (Å²) in [5.74, 6) is 0.0953. The molecule has 0 aromatic heterocycles. The Balaban J connectivity index is 0.00000153. The van der Waals surface area contributed by atoms with Crippen molar-refractivity contribution in [3.05, 3.63) is 147 Å². The second-order valence-electron chi connectivity index (χ2n) is 7.88. The van der Waals surface area contributed by atoms with Crippen molar-refractivity contribution in [1.82, 2.24) is 10.0 Å². The van der Waals surface area contributed by atoms with Gasteiger partial charge in [0.05, 0.1) is 0 Å². The van der Waals surface area contributed by atoms with E-state index < -0.39 is 0 Å². The molecule has 1 saturated heterocycles. The molecule has 0 aliphatic carbocycles. The number of rotatable bonds is 6. The van der Waals surface area contributed by atoms with Gasteiger partial charge in [0.15, 0.2) is 0 Å². The van der Waals surface area contributed by atoms with E-state index in [-0.39, 0.29) is 18.0 Å². The zero-order valence-electron chi connectivity index (χ0n) is 22.4. The number of hydrazine groups is 1. The predicted octanol–water partition coefficient (Wildman–Crippen LogP) is 4.87. The molecule has 2 atom stereocenters. The van der Waals surface area contributed by atoms with Crippen molar-refractivity contribution in [3.8, 4) is 0 Å². The van der Waals surface area contributed by atoms with Crippen molar-refractivity contribution in [3.63, 3.8) is 0 Å². The van der Waals surface area contributed by atoms with Gasteiger partial charge < -0.3 is 0 Å². The van der Waals surface area contributed by atoms with Crippen LogP contribution in [0, 0.1) is 33.3 Å². The van der Waals surface area contributed by atoms with E-state index in [2.05, 4.69) is 90.5 Å². The van der Waals surface area contributed by atoms with Gasteiger partial charge in [-0.1, -0.05) is 0 Å². The summed E-state index contributed by atoms with van der Waals surface area (Å²) < 4.78 is 44.2. The molecule has 0 saturated carbocycles. The first-order chi connectivity index (χ1) is 20.7. The monoisotopic (exact) mass is 600 g/mol. The summed E-state index contributed by atoms with van der Waals surface area (Å²) >= 11 is 3.15. The number of fused-ring (bicyclic) bond motifs is 1. The van der Waals surface area contributed by atoms with Crippen LogP contribution in [0.4, 0.5) is 0 Å². The van der Waals surface area contributed by atoms with Crippen molar-refractivity contribution in [2.45, 2.75) is 25.4 Å². The molecule has 0 N–H and O–H groups in total. The molecule has 5 rings (SSSR count). The summed E-state index contributed by atoms with van der Waals surface area (Å²) in [6, 6.07) is 30.6. The summed E-state index contributed by atoms with van der Waals surface area (Å²) in [4.78, 5) is 13.5. The number of carbonyl (C=O) groups is 1. The van der Waals surface area contributed by atoms with Gasteiger partial charge in [0.1, 0.15) is 0 Å². The standard InChI is InChI=1S/C27H24N2O2.5CO.Cr/c1-2-31-19-23-26(21-14-8-4-9-15-21)28-24(20-12-6-3-7-13-20)18-25(30)29(28)27(23)22-16-10-5-11-17-22;5*1-2;/h3-17,24,26H,2,18H2,1H3;;;;;;/t24-,26-;;;;;;/m0....../s1. The Morgan fingerprint density at radius 2 is 1.19 bits per heavy atom. The summed E-state index contributed by atoms with van der Waals surface area (Å²) in [5.41, 5.74) is 5.15. The van der Waals surface area contributed by atoms with Crippen molar-refractivity contribution in [1.29, 1.82) is 0 Å². The molecular weight excluding hydrogens is 576 g/mol. The van der Waals surface area contributed by atoms with Crippen LogP contribution in [-0.2, 0) is 48.6 Å². The Kier molecular flexibility index (Phi) is 19.5. The van der Waals surface area contributed by atoms with E-state index in [1.54, 1.807) is 0 Å². The molecule has 0 radical (unpaired) electrons. The second-order valence-corrected chi connectivity index (χ2v) is 8.46. The molecule has 9 nitrogen and oxygen atoms in total. The molecule has 0 bridgehead atoms. The Hall–Kier alpha value is -4.11. The molecule has 2 aliphatic heterocycles. The molecule has 0 unspecified atom stereocenters. The third-order valence-electron chi connectivity index (χ3n) is 6.00. The van der Waals surface area contributed by atoms with Gasteiger partial charge in [0.25, 0.3) is 0 Å². The van der Waals surface area contributed by atoms with E-state index in [4.69, 9.17) is 28.0 Å². The average molecular weight is 601 g/mol. The second kappa shape index (κ2) is 21.6. The molecule has 1 amide bonds. The predicted molar refractivity (Wildman–Crippen MR) is 141 cm³/mol. The van der Waals surface area contributed by atoms with Crippen LogP contribution in [0.1, 0.15) is 42.1 Å². The maximum absolute atomic E-state index is 13.5. The average Bonchev–Trinajstić information content (AvgIpc) is 3.62. The number of amides is 1. The summed E-state index contributed by atoms with van der Waals surface area (Å²) in [6.07, 6.45) is 0.439. The topological polar surface area (TPSA) is 132 Å². The van der Waals surface area contributed by atoms with Gasteiger partial charge in [0.2, 0.25) is 0 Å². The van der Waals surface area contributed by atoms with E-state index in [9.17, 15) is 4.79 Å². The van der Waals surface area contributed by atoms with Crippen molar-refractivity contribution >= 4 is 16.2 Å². The van der Waals surface area contributed by atoms with Crippen molar-refractivity contribution in [2.24, 2.45) is 0 Å². The molecule has 2 aliphatic rings. The first-order valence-corrected chi connectivity index (χ1v) is 12.5. The van der Waals surface area contributed by atoms with E-state index in [1.807, 2.05) is 66.5 Å². The Labute approximate surface area is 252 Å². The number of hydrogen-bond acceptors (Lipinski definition) is 3. The van der Waals surface area contributed by atoms with Crippen molar-refractivity contribution < 1.29 is 48.6 Å². The van der Waals surface area contributed by atoms with Crippen LogP contribution >= 0.6 is 0 Å². The van der Waals surface area contributed by atoms with Gasteiger partial charge in [-0.2, -0.15) is 0 Å². The number of carbonyl (C=O) groups excluding carboxylic acids is 1. The zero-order chi connectivity index (χ0) is 32.1. The van der Waals surface area contributed by atoms with Crippen molar-refractivity contribution in [2.75, 3.05) is 6.61 Å². The van der Waals surface area contributed by atoms with Crippen LogP contribution in [-0.4, -0.2) is 27.1 Å². The van der Waals surface area contributed by atoms with Crippen LogP contribution < -0.4 is 0 Å². The quantitative estimate of drug-likeness (QED) is 0.295. The fourth-order valence-electron chi connectivity index (χ4n) is 4.72. The van der Waals surface area contributed by atoms with E-state index in [0.717, 1.165) is 32.5 Å². The Morgan fingerprint density at radius 1 is 0.762 bits per heavy atom. The summed E-state index contributed by atoms with van der Waals surface area (Å²) in [5, 5.41) is 4.12. The molecule has 10 heteroatoms. The molecule has 210 valence electrons. The van der Waals surface area contributed by atoms with E-state index >= 15 is 0 Å². The van der Waals surface area contributed by atoms with E-state index in [0.29, 0.717) is 13.0 Å². The Bertz CT molecular complexity index is 1360. The van der Waals surface area contributed by atoms with Gasteiger partial charge in [-0.25, -0.2) is 0 Å². The van der Waals surface area contributed by atoms with Crippen LogP contribution in [0.2, 0.25) is 0 Å². The number of benzene rings is 3. The van der Waals surface area contributed by atoms with Crippen LogP contribution in [0.5, 0.6) is 0 Å². The molecule has 2 heterocycles. The normalized spacial score (nSPS) is 16.0. The van der Waals surface area contributed by atoms with Gasteiger partial charge in [-0.15, -0.1) is 0 Å². The molecular formula is C32H24CrN2O7. The minimum atomic E-state index is -0.147. The van der Waals surface area contributed by atoms with Gasteiger partial charge >= 0.3 is 253 Å². The third-order valence-corrected chi connectivity index (χ3v) is 6.53. The number of ether oxygens (including phenoxy) is 1. The third kappa shape index (κ3) is 8.69. The molecule has 3 aromatic rings. The van der Waals surface area contributed by atoms with Crippen LogP contribution in [0.3, 0.4) is 0 Å². The van der Waals surface area contributed by atoms with Gasteiger partial charge in [0, 0.05) is 0 Å². The van der Waals surface area contributed by atoms with Crippen LogP contribution in [0.15, 0.2) is 96.6 Å². The molecule has 0 spiro atoms. The number of hydrogen-bond donors (Lipinski definition) is 0. The summed E-state index contributed by atoms with van der Waals surface area (Å²) in [6.45, 7) is 25.0. The first-order valence-electron chi connectivity index (χ1n) is 11.9. The molecule has 42 heavy (non-hydrogen) atoms. The fourth-order valence-corrected chi connectivity index (χ4v) is 5.23. The Morgan fingerprint density at radius 3 is 1.64 bits per heavy atom. The number of nitrogens with zero attached hydrogens (tertiary/aromatic N) is 2. The fraction of sp³-hybridized carbons (Fsp3) is 0.156. The van der Waals surface area contributed by atoms with Gasteiger partial charge in [-0.3, -0.25) is 0 Å². The maximum atomic E-state index is 13.5. The van der Waals surface area contributed by atoms with Gasteiger partial charge in [-0.05, 0) is 0 Å². The molecule has 1 fully saturated rings. The van der Waals surface area contributed by atoms with Crippen LogP contribution in [0.25, 0.3) is 5.70 Å².